The van der Waals surface area contributed by atoms with Gasteiger partial charge in [0.15, 0.2) is 5.82 Å². The second-order valence-electron chi connectivity index (χ2n) is 10.4. The summed E-state index contributed by atoms with van der Waals surface area (Å²) in [6, 6.07) is 2.43. The van der Waals surface area contributed by atoms with Gasteiger partial charge in [-0.2, -0.15) is 0 Å². The minimum absolute atomic E-state index is 0.163. The Kier molecular flexibility index (Phi) is 8.86. The topological polar surface area (TPSA) is 123 Å². The molecule has 3 rings (SSSR count). The first-order valence-corrected chi connectivity index (χ1v) is 13.9. The first-order chi connectivity index (χ1) is 17.1. The number of imidazole rings is 1. The van der Waals surface area contributed by atoms with Crippen molar-refractivity contribution < 1.29 is 27.1 Å². The number of nitrogens with one attached hydrogen (secondary N) is 2. The number of carbonyl (C=O) groups excluding carboxylic acids is 2. The van der Waals surface area contributed by atoms with Gasteiger partial charge in [0.1, 0.15) is 5.60 Å². The number of hydrogen-bond acceptors (Lipinski definition) is 6. The van der Waals surface area contributed by atoms with Gasteiger partial charge in [-0.15, -0.1) is 4.83 Å². The SMILES string of the molecule is CN(C(=O)OC(C)(C)C)C1CCCC(CS(=O)(=O)NNC(=O)c2cc(-c3cn(C)cn3)cc(Cl)c2F)C1. The molecule has 1 aromatic heterocycles. The van der Waals surface area contributed by atoms with Crippen LogP contribution in [0.15, 0.2) is 24.7 Å². The lowest BCUT2D eigenvalue weighted by Gasteiger charge is -2.36. The standard InChI is InChI=1S/C24H33ClFN5O5S/c1-24(2,3)36-23(33)31(5)17-8-6-7-15(9-17)13-37(34,35)29-28-22(32)18-10-16(11-19(25)21(18)26)20-12-30(4)14-27-20/h10-12,14-15,17,29H,6-9,13H2,1-5H3,(H,28,32). The molecule has 37 heavy (non-hydrogen) atoms. The number of aryl methyl sites for hydroxylation is 1. The van der Waals surface area contributed by atoms with E-state index >= 15 is 0 Å². The van der Waals surface area contributed by atoms with E-state index in [2.05, 4.69) is 15.2 Å². The van der Waals surface area contributed by atoms with Crippen molar-refractivity contribution in [3.8, 4) is 11.3 Å². The fourth-order valence-corrected chi connectivity index (χ4v) is 5.73. The monoisotopic (exact) mass is 557 g/mol. The van der Waals surface area contributed by atoms with Crippen LogP contribution in [0.5, 0.6) is 0 Å². The van der Waals surface area contributed by atoms with Crippen molar-refractivity contribution in [3.05, 3.63) is 41.1 Å². The Morgan fingerprint density at radius 3 is 2.62 bits per heavy atom. The fraction of sp³-hybridized carbons (Fsp3) is 0.542. The van der Waals surface area contributed by atoms with Gasteiger partial charge in [0.25, 0.3) is 5.91 Å². The van der Waals surface area contributed by atoms with Crippen LogP contribution in [-0.4, -0.2) is 59.3 Å². The summed E-state index contributed by atoms with van der Waals surface area (Å²) in [6.45, 7) is 5.34. The highest BCUT2D eigenvalue weighted by molar-refractivity contribution is 7.89. The van der Waals surface area contributed by atoms with Gasteiger partial charge in [-0.1, -0.05) is 18.0 Å². The second kappa shape index (κ2) is 11.4. The fourth-order valence-electron chi connectivity index (χ4n) is 4.26. The van der Waals surface area contributed by atoms with Crippen LogP contribution in [0.4, 0.5) is 9.18 Å². The highest BCUT2D eigenvalue weighted by Crippen LogP contribution is 2.29. The van der Waals surface area contributed by atoms with Crippen molar-refractivity contribution in [1.29, 1.82) is 0 Å². The summed E-state index contributed by atoms with van der Waals surface area (Å²) < 4.78 is 47.1. The van der Waals surface area contributed by atoms with Crippen LogP contribution in [0.1, 0.15) is 56.8 Å². The van der Waals surface area contributed by atoms with E-state index in [0.717, 1.165) is 12.8 Å². The van der Waals surface area contributed by atoms with Gasteiger partial charge >= 0.3 is 6.09 Å². The normalized spacial score (nSPS) is 18.4. The number of nitrogens with zero attached hydrogens (tertiary/aromatic N) is 3. The van der Waals surface area contributed by atoms with E-state index in [1.807, 2.05) is 0 Å². The zero-order chi connectivity index (χ0) is 27.5. The first kappa shape index (κ1) is 28.9. The maximum absolute atomic E-state index is 14.6. The molecule has 2 amide bonds. The molecule has 1 aliphatic rings. The molecule has 1 heterocycles. The van der Waals surface area contributed by atoms with E-state index in [1.165, 1.54) is 17.0 Å². The number of sulfonamides is 1. The number of rotatable bonds is 7. The summed E-state index contributed by atoms with van der Waals surface area (Å²) in [7, 11) is -0.548. The van der Waals surface area contributed by atoms with E-state index in [0.29, 0.717) is 24.1 Å². The van der Waals surface area contributed by atoms with Crippen molar-refractivity contribution in [2.24, 2.45) is 13.0 Å². The zero-order valence-electron chi connectivity index (χ0n) is 21.5. The van der Waals surface area contributed by atoms with E-state index < -0.39 is 39.0 Å². The number of hydrogen-bond donors (Lipinski definition) is 2. The van der Waals surface area contributed by atoms with Crippen molar-refractivity contribution in [1.82, 2.24) is 24.7 Å². The molecule has 0 saturated heterocycles. The number of benzene rings is 1. The molecule has 1 saturated carbocycles. The van der Waals surface area contributed by atoms with Gasteiger partial charge < -0.3 is 14.2 Å². The minimum atomic E-state index is -3.95. The Bertz CT molecular complexity index is 1260. The summed E-state index contributed by atoms with van der Waals surface area (Å²) in [4.78, 5) is 32.8. The molecule has 0 radical (unpaired) electrons. The predicted molar refractivity (Wildman–Crippen MR) is 138 cm³/mol. The molecule has 13 heteroatoms. The van der Waals surface area contributed by atoms with Crippen LogP contribution >= 0.6 is 11.6 Å². The molecule has 1 fully saturated rings. The van der Waals surface area contributed by atoms with Gasteiger partial charge in [-0.3, -0.25) is 10.2 Å². The van der Waals surface area contributed by atoms with Crippen molar-refractivity contribution in [3.63, 3.8) is 0 Å². The molecule has 1 aliphatic carbocycles. The molecule has 1 aromatic carbocycles. The molecule has 204 valence electrons. The quantitative estimate of drug-likeness (QED) is 0.498. The van der Waals surface area contributed by atoms with Crippen LogP contribution in [0.25, 0.3) is 11.3 Å². The molecular weight excluding hydrogens is 525 g/mol. The Labute approximate surface area is 221 Å². The van der Waals surface area contributed by atoms with Crippen molar-refractivity contribution in [2.45, 2.75) is 58.1 Å². The van der Waals surface area contributed by atoms with Crippen LogP contribution in [-0.2, 0) is 21.8 Å². The third-order valence-corrected chi connectivity index (χ3v) is 7.63. The first-order valence-electron chi connectivity index (χ1n) is 11.9. The average molecular weight is 558 g/mol. The van der Waals surface area contributed by atoms with Gasteiger partial charge in [-0.25, -0.2) is 22.6 Å². The summed E-state index contributed by atoms with van der Waals surface area (Å²) >= 11 is 5.97. The van der Waals surface area contributed by atoms with Gasteiger partial charge in [0.05, 0.1) is 28.4 Å². The molecule has 0 spiro atoms. The lowest BCUT2D eigenvalue weighted by atomic mass is 9.86. The molecule has 2 unspecified atom stereocenters. The highest BCUT2D eigenvalue weighted by Gasteiger charge is 2.32. The van der Waals surface area contributed by atoms with Gasteiger partial charge in [0, 0.05) is 31.9 Å². The largest absolute Gasteiger partial charge is 0.444 e. The molecule has 2 N–H and O–H groups in total. The van der Waals surface area contributed by atoms with E-state index in [1.54, 1.807) is 52.0 Å². The summed E-state index contributed by atoms with van der Waals surface area (Å²) in [5.41, 5.74) is 1.90. The number of ether oxygens (including phenoxy) is 1. The average Bonchev–Trinajstić information content (AvgIpc) is 3.23. The smallest absolute Gasteiger partial charge is 0.410 e. The second-order valence-corrected chi connectivity index (χ2v) is 12.5. The molecule has 2 atom stereocenters. The Morgan fingerprint density at radius 2 is 2.00 bits per heavy atom. The summed E-state index contributed by atoms with van der Waals surface area (Å²) in [5, 5.41) is -0.293. The Hall–Kier alpha value is -2.70. The molecule has 0 aliphatic heterocycles. The number of hydrazine groups is 1. The maximum atomic E-state index is 14.6. The van der Waals surface area contributed by atoms with Crippen molar-refractivity contribution >= 4 is 33.6 Å². The minimum Gasteiger partial charge on any atom is -0.444 e. The summed E-state index contributed by atoms with van der Waals surface area (Å²) in [5.74, 6) is -2.47. The Balaban J connectivity index is 1.62. The lowest BCUT2D eigenvalue weighted by Crippen LogP contribution is -2.46. The van der Waals surface area contributed by atoms with Gasteiger partial charge in [-0.05, 0) is 58.1 Å². The maximum Gasteiger partial charge on any atom is 0.410 e. The van der Waals surface area contributed by atoms with Crippen LogP contribution < -0.4 is 10.3 Å². The lowest BCUT2D eigenvalue weighted by molar-refractivity contribution is 0.0169. The summed E-state index contributed by atoms with van der Waals surface area (Å²) in [6.07, 6.45) is 5.37. The highest BCUT2D eigenvalue weighted by atomic mass is 35.5. The molecule has 10 nitrogen and oxygen atoms in total. The molecular formula is C24H33ClFN5O5S. The molecule has 0 bridgehead atoms. The van der Waals surface area contributed by atoms with E-state index in [4.69, 9.17) is 16.3 Å². The molecule has 2 aromatic rings. The van der Waals surface area contributed by atoms with Crippen LogP contribution in [0.3, 0.4) is 0 Å². The number of carbonyl (C=O) groups is 2. The zero-order valence-corrected chi connectivity index (χ0v) is 23.1. The van der Waals surface area contributed by atoms with Crippen LogP contribution in [0.2, 0.25) is 5.02 Å². The number of amides is 2. The van der Waals surface area contributed by atoms with Crippen LogP contribution in [0, 0.1) is 11.7 Å². The number of aromatic nitrogens is 2. The predicted octanol–water partition coefficient (Wildman–Crippen LogP) is 3.87. The van der Waals surface area contributed by atoms with E-state index in [9.17, 15) is 22.4 Å². The third kappa shape index (κ3) is 7.89. The number of halogens is 2. The van der Waals surface area contributed by atoms with Gasteiger partial charge in [0.2, 0.25) is 10.0 Å². The third-order valence-electron chi connectivity index (χ3n) is 6.03. The van der Waals surface area contributed by atoms with E-state index in [-0.39, 0.29) is 22.7 Å². The Morgan fingerprint density at radius 1 is 1.30 bits per heavy atom. The van der Waals surface area contributed by atoms with Crippen molar-refractivity contribution in [2.75, 3.05) is 12.8 Å².